The molecule has 2 aromatic carbocycles. The summed E-state index contributed by atoms with van der Waals surface area (Å²) >= 11 is 0. The van der Waals surface area contributed by atoms with Crippen LogP contribution in [0.2, 0.25) is 0 Å². The zero-order chi connectivity index (χ0) is 13.9. The number of aromatic nitrogens is 2. The van der Waals surface area contributed by atoms with Crippen LogP contribution in [0, 0.1) is 5.82 Å². The number of hydrogen-bond donors (Lipinski definition) is 1. The highest BCUT2D eigenvalue weighted by Gasteiger charge is 2.11. The highest BCUT2D eigenvalue weighted by atomic mass is 19.1. The molecule has 1 aromatic heterocycles. The van der Waals surface area contributed by atoms with Crippen LogP contribution in [0.3, 0.4) is 0 Å². The van der Waals surface area contributed by atoms with E-state index in [0.717, 1.165) is 11.1 Å². The standard InChI is InChI=1S/C15H11FN2O2/c16-13-6-2-5-12(8-13)15-17-14(18-20-15)11-4-1-3-10(7-11)9-19/h1-8,19H,9H2. The Bertz CT molecular complexity index is 740. The van der Waals surface area contributed by atoms with Crippen molar-refractivity contribution in [3.8, 4) is 22.8 Å². The number of hydrogen-bond acceptors (Lipinski definition) is 4. The van der Waals surface area contributed by atoms with Crippen molar-refractivity contribution >= 4 is 0 Å². The van der Waals surface area contributed by atoms with Gasteiger partial charge in [-0.2, -0.15) is 4.98 Å². The summed E-state index contributed by atoms with van der Waals surface area (Å²) in [6.07, 6.45) is 0. The molecule has 0 unspecified atom stereocenters. The first kappa shape index (κ1) is 12.5. The largest absolute Gasteiger partial charge is 0.392 e. The Balaban J connectivity index is 1.97. The molecule has 20 heavy (non-hydrogen) atoms. The van der Waals surface area contributed by atoms with E-state index >= 15 is 0 Å². The van der Waals surface area contributed by atoms with Gasteiger partial charge in [-0.25, -0.2) is 4.39 Å². The fourth-order valence-corrected chi connectivity index (χ4v) is 1.89. The molecule has 0 radical (unpaired) electrons. The summed E-state index contributed by atoms with van der Waals surface area (Å²) in [5, 5.41) is 13.0. The molecular weight excluding hydrogens is 259 g/mol. The van der Waals surface area contributed by atoms with Crippen molar-refractivity contribution in [1.29, 1.82) is 0 Å². The minimum Gasteiger partial charge on any atom is -0.392 e. The quantitative estimate of drug-likeness (QED) is 0.794. The average Bonchev–Trinajstić information content (AvgIpc) is 2.97. The molecule has 3 rings (SSSR count). The van der Waals surface area contributed by atoms with Gasteiger partial charge in [-0.15, -0.1) is 0 Å². The van der Waals surface area contributed by atoms with Crippen LogP contribution in [0.1, 0.15) is 5.56 Å². The van der Waals surface area contributed by atoms with Gasteiger partial charge in [0.1, 0.15) is 5.82 Å². The molecule has 1 heterocycles. The van der Waals surface area contributed by atoms with Gasteiger partial charge in [-0.05, 0) is 29.8 Å². The zero-order valence-corrected chi connectivity index (χ0v) is 10.5. The lowest BCUT2D eigenvalue weighted by molar-refractivity contribution is 0.282. The Morgan fingerprint density at radius 2 is 1.85 bits per heavy atom. The lowest BCUT2D eigenvalue weighted by Gasteiger charge is -1.97. The molecule has 0 saturated heterocycles. The number of benzene rings is 2. The van der Waals surface area contributed by atoms with Crippen LogP contribution in [0.15, 0.2) is 53.1 Å². The summed E-state index contributed by atoms with van der Waals surface area (Å²) < 4.78 is 18.3. The van der Waals surface area contributed by atoms with Gasteiger partial charge >= 0.3 is 0 Å². The minimum atomic E-state index is -0.357. The average molecular weight is 270 g/mol. The van der Waals surface area contributed by atoms with Gasteiger partial charge in [0.2, 0.25) is 5.82 Å². The van der Waals surface area contributed by atoms with Gasteiger partial charge in [0, 0.05) is 11.1 Å². The highest BCUT2D eigenvalue weighted by Crippen LogP contribution is 2.23. The topological polar surface area (TPSA) is 59.2 Å². The molecule has 0 amide bonds. The third-order valence-corrected chi connectivity index (χ3v) is 2.87. The first-order chi connectivity index (χ1) is 9.76. The smallest absolute Gasteiger partial charge is 0.258 e. The van der Waals surface area contributed by atoms with Crippen molar-refractivity contribution in [3.05, 3.63) is 59.9 Å². The number of aliphatic hydroxyl groups is 1. The molecule has 0 aliphatic carbocycles. The van der Waals surface area contributed by atoms with Crippen molar-refractivity contribution in [2.45, 2.75) is 6.61 Å². The maximum absolute atomic E-state index is 13.2. The van der Waals surface area contributed by atoms with Crippen LogP contribution in [-0.2, 0) is 6.61 Å². The van der Waals surface area contributed by atoms with E-state index < -0.39 is 0 Å². The molecule has 0 fully saturated rings. The van der Waals surface area contributed by atoms with Crippen LogP contribution < -0.4 is 0 Å². The highest BCUT2D eigenvalue weighted by molar-refractivity contribution is 5.60. The van der Waals surface area contributed by atoms with Crippen molar-refractivity contribution in [2.75, 3.05) is 0 Å². The Morgan fingerprint density at radius 3 is 2.65 bits per heavy atom. The Labute approximate surface area is 114 Å². The van der Waals surface area contributed by atoms with Gasteiger partial charge < -0.3 is 9.63 Å². The molecule has 4 nitrogen and oxygen atoms in total. The summed E-state index contributed by atoms with van der Waals surface area (Å²) in [6, 6.07) is 13.2. The van der Waals surface area contributed by atoms with Gasteiger partial charge in [0.25, 0.3) is 5.89 Å². The van der Waals surface area contributed by atoms with E-state index in [1.54, 1.807) is 30.3 Å². The summed E-state index contributed by atoms with van der Waals surface area (Å²) in [5.41, 5.74) is 2.03. The third-order valence-electron chi connectivity index (χ3n) is 2.87. The maximum atomic E-state index is 13.2. The first-order valence-corrected chi connectivity index (χ1v) is 6.06. The first-order valence-electron chi connectivity index (χ1n) is 6.06. The van der Waals surface area contributed by atoms with Crippen LogP contribution in [0.5, 0.6) is 0 Å². The number of rotatable bonds is 3. The molecule has 0 saturated carbocycles. The van der Waals surface area contributed by atoms with Gasteiger partial charge in [-0.1, -0.05) is 29.4 Å². The lowest BCUT2D eigenvalue weighted by atomic mass is 10.1. The molecule has 0 atom stereocenters. The zero-order valence-electron chi connectivity index (χ0n) is 10.5. The summed E-state index contributed by atoms with van der Waals surface area (Å²) in [7, 11) is 0. The second-order valence-corrected chi connectivity index (χ2v) is 4.29. The Morgan fingerprint density at radius 1 is 1.05 bits per heavy atom. The Hall–Kier alpha value is -2.53. The van der Waals surface area contributed by atoms with E-state index in [-0.39, 0.29) is 18.3 Å². The van der Waals surface area contributed by atoms with E-state index in [9.17, 15) is 4.39 Å². The molecule has 1 N–H and O–H groups in total. The lowest BCUT2D eigenvalue weighted by Crippen LogP contribution is -1.86. The second-order valence-electron chi connectivity index (χ2n) is 4.29. The summed E-state index contributed by atoms with van der Waals surface area (Å²) in [5.74, 6) is 0.304. The number of aliphatic hydroxyl groups excluding tert-OH is 1. The van der Waals surface area contributed by atoms with E-state index in [4.69, 9.17) is 9.63 Å². The van der Waals surface area contributed by atoms with Crippen LogP contribution >= 0.6 is 0 Å². The Kier molecular flexibility index (Phi) is 3.26. The normalized spacial score (nSPS) is 10.7. The van der Waals surface area contributed by atoms with Crippen molar-refractivity contribution < 1.29 is 14.0 Å². The monoisotopic (exact) mass is 270 g/mol. The van der Waals surface area contributed by atoms with Crippen LogP contribution in [0.25, 0.3) is 22.8 Å². The molecule has 3 aromatic rings. The maximum Gasteiger partial charge on any atom is 0.258 e. The van der Waals surface area contributed by atoms with Gasteiger partial charge in [-0.3, -0.25) is 0 Å². The fraction of sp³-hybridized carbons (Fsp3) is 0.0667. The molecule has 0 bridgehead atoms. The van der Waals surface area contributed by atoms with Crippen molar-refractivity contribution in [1.82, 2.24) is 10.1 Å². The second kappa shape index (κ2) is 5.22. The predicted octanol–water partition coefficient (Wildman–Crippen LogP) is 3.04. The van der Waals surface area contributed by atoms with Crippen molar-refractivity contribution in [2.24, 2.45) is 0 Å². The van der Waals surface area contributed by atoms with Crippen molar-refractivity contribution in [3.63, 3.8) is 0 Å². The van der Waals surface area contributed by atoms with Crippen LogP contribution in [0.4, 0.5) is 4.39 Å². The molecule has 0 aliphatic rings. The van der Waals surface area contributed by atoms with E-state index in [2.05, 4.69) is 10.1 Å². The third kappa shape index (κ3) is 2.44. The molecule has 0 spiro atoms. The number of halogens is 1. The predicted molar refractivity (Wildman–Crippen MR) is 71.1 cm³/mol. The summed E-state index contributed by atoms with van der Waals surface area (Å²) in [4.78, 5) is 4.24. The number of nitrogens with zero attached hydrogens (tertiary/aromatic N) is 2. The SMILES string of the molecule is OCc1cccc(-c2noc(-c3cccc(F)c3)n2)c1. The van der Waals surface area contributed by atoms with Gasteiger partial charge in [0.15, 0.2) is 0 Å². The molecule has 100 valence electrons. The van der Waals surface area contributed by atoms with Crippen LogP contribution in [-0.4, -0.2) is 15.2 Å². The summed E-state index contributed by atoms with van der Waals surface area (Å²) in [6.45, 7) is -0.0531. The molecular formula is C15H11FN2O2. The molecule has 5 heteroatoms. The minimum absolute atomic E-state index is 0.0531. The van der Waals surface area contributed by atoms with Gasteiger partial charge in [0.05, 0.1) is 6.61 Å². The molecule has 0 aliphatic heterocycles. The van der Waals surface area contributed by atoms with E-state index in [1.165, 1.54) is 12.1 Å². The van der Waals surface area contributed by atoms with E-state index in [0.29, 0.717) is 11.4 Å². The van der Waals surface area contributed by atoms with E-state index in [1.807, 2.05) is 6.07 Å². The fourth-order valence-electron chi connectivity index (χ4n) is 1.89.